The zero-order chi connectivity index (χ0) is 8.53. The summed E-state index contributed by atoms with van der Waals surface area (Å²) < 4.78 is 0. The second kappa shape index (κ2) is 7.03. The molecule has 0 bridgehead atoms. The molecule has 0 aliphatic heterocycles. The number of nitrogens with one attached hydrogen (secondary N) is 1. The molecule has 4 heteroatoms. The van der Waals surface area contributed by atoms with E-state index in [0.29, 0.717) is 12.4 Å². The van der Waals surface area contributed by atoms with Crippen molar-refractivity contribution in [3.8, 4) is 12.5 Å². The molecule has 0 aromatic carbocycles. The highest BCUT2D eigenvalue weighted by molar-refractivity contribution is 7.80. The van der Waals surface area contributed by atoms with E-state index in [4.69, 9.17) is 6.42 Å². The third-order valence-corrected chi connectivity index (χ3v) is 1.31. The van der Waals surface area contributed by atoms with Crippen molar-refractivity contribution in [1.29, 1.82) is 0 Å². The van der Waals surface area contributed by atoms with Gasteiger partial charge in [-0.3, -0.25) is 0 Å². The normalized spacial score (nSPS) is 9.09. The monoisotopic (exact) mass is 170 g/mol. The van der Waals surface area contributed by atoms with Crippen LogP contribution in [0.1, 0.15) is 0 Å². The van der Waals surface area contributed by atoms with Crippen LogP contribution in [0.5, 0.6) is 0 Å². The molecular weight excluding hydrogens is 160 g/mol. The van der Waals surface area contributed by atoms with Crippen molar-refractivity contribution < 1.29 is 4.79 Å². The summed E-state index contributed by atoms with van der Waals surface area (Å²) in [6, 6.07) is 2.21. The van der Waals surface area contributed by atoms with Crippen molar-refractivity contribution >= 4 is 18.9 Å². The Hall–Kier alpha value is -1.08. The third kappa shape index (κ3) is 5.37. The van der Waals surface area contributed by atoms with E-state index in [1.165, 1.54) is 0 Å². The first-order valence-electron chi connectivity index (χ1n) is 3.01. The van der Waals surface area contributed by atoms with Gasteiger partial charge in [-0.05, 0) is 0 Å². The molecule has 0 spiro atoms. The summed E-state index contributed by atoms with van der Waals surface area (Å²) in [5.74, 6) is 0.488. The maximum Gasteiger partial charge on any atom is 0.139 e. The first-order chi connectivity index (χ1) is 5.35. The van der Waals surface area contributed by atoms with Gasteiger partial charge in [-0.1, -0.05) is 6.42 Å². The maximum absolute atomic E-state index is 10.0. The summed E-state index contributed by atoms with van der Waals surface area (Å²) in [7, 11) is 0. The average molecular weight is 170 g/mol. The van der Waals surface area contributed by atoms with Gasteiger partial charge in [0.15, 0.2) is 0 Å². The van der Waals surface area contributed by atoms with E-state index in [-0.39, 0.29) is 0 Å². The van der Waals surface area contributed by atoms with Crippen molar-refractivity contribution in [3.63, 3.8) is 0 Å². The van der Waals surface area contributed by atoms with Crippen LogP contribution in [0.2, 0.25) is 0 Å². The number of aldehydes is 1. The molecule has 0 unspecified atom stereocenters. The van der Waals surface area contributed by atoms with Gasteiger partial charge in [0, 0.05) is 18.4 Å². The van der Waals surface area contributed by atoms with Crippen LogP contribution >= 0.6 is 12.6 Å². The Morgan fingerprint density at radius 1 is 1.73 bits per heavy atom. The van der Waals surface area contributed by atoms with Crippen LogP contribution < -0.4 is 5.32 Å². The fourth-order valence-electron chi connectivity index (χ4n) is 0.452. The average Bonchev–Trinajstić information content (AvgIpc) is 2.03. The standard InChI is InChI=1S/C7H10N2OS/c1-2-8-3-4-9(7-11)5-6-10/h1,3-4,6,8,11H,5,7H2/b4-3-. The predicted octanol–water partition coefficient (Wildman–Crippen LogP) is 0.0261. The lowest BCUT2D eigenvalue weighted by atomic mass is 10.6. The Balaban J connectivity index is 3.68. The van der Waals surface area contributed by atoms with E-state index < -0.39 is 0 Å². The summed E-state index contributed by atoms with van der Waals surface area (Å²) in [6.45, 7) is 0.326. The molecule has 11 heavy (non-hydrogen) atoms. The largest absolute Gasteiger partial charge is 0.360 e. The van der Waals surface area contributed by atoms with Gasteiger partial charge in [-0.25, -0.2) is 0 Å². The van der Waals surface area contributed by atoms with Gasteiger partial charge < -0.3 is 15.0 Å². The Kier molecular flexibility index (Phi) is 6.34. The van der Waals surface area contributed by atoms with Crippen molar-refractivity contribution in [2.75, 3.05) is 12.4 Å². The molecule has 0 aliphatic carbocycles. The minimum absolute atomic E-state index is 0.326. The summed E-state index contributed by atoms with van der Waals surface area (Å²) in [4.78, 5) is 11.7. The molecule has 0 rings (SSSR count). The fraction of sp³-hybridized carbons (Fsp3) is 0.286. The SMILES string of the molecule is C#CN/C=C\N(CS)CC=O. The lowest BCUT2D eigenvalue weighted by Crippen LogP contribution is -2.18. The molecule has 0 aliphatic rings. The lowest BCUT2D eigenvalue weighted by molar-refractivity contribution is -0.108. The van der Waals surface area contributed by atoms with E-state index in [1.54, 1.807) is 17.3 Å². The number of terminal acetylenes is 1. The van der Waals surface area contributed by atoms with Crippen LogP contribution in [0.15, 0.2) is 12.4 Å². The molecule has 0 aromatic rings. The Morgan fingerprint density at radius 3 is 2.91 bits per heavy atom. The lowest BCUT2D eigenvalue weighted by Gasteiger charge is -2.12. The van der Waals surface area contributed by atoms with Gasteiger partial charge >= 0.3 is 0 Å². The summed E-state index contributed by atoms with van der Waals surface area (Å²) in [5.41, 5.74) is 0. The van der Waals surface area contributed by atoms with E-state index in [1.807, 2.05) is 0 Å². The Labute approximate surface area is 71.9 Å². The quantitative estimate of drug-likeness (QED) is 0.201. The number of rotatable bonds is 5. The Bertz CT molecular complexity index is 174. The van der Waals surface area contributed by atoms with Crippen LogP contribution in [0.4, 0.5) is 0 Å². The molecule has 3 nitrogen and oxygen atoms in total. The van der Waals surface area contributed by atoms with Crippen LogP contribution in [-0.4, -0.2) is 23.6 Å². The second-order valence-corrected chi connectivity index (χ2v) is 1.97. The predicted molar refractivity (Wildman–Crippen MR) is 47.7 cm³/mol. The molecule has 60 valence electrons. The van der Waals surface area contributed by atoms with Crippen molar-refractivity contribution in [1.82, 2.24) is 10.2 Å². The van der Waals surface area contributed by atoms with Crippen LogP contribution in [-0.2, 0) is 4.79 Å². The van der Waals surface area contributed by atoms with Gasteiger partial charge in [0.05, 0.1) is 12.4 Å². The summed E-state index contributed by atoms with van der Waals surface area (Å²) in [5, 5.41) is 2.53. The number of thiol groups is 1. The number of hydrogen-bond acceptors (Lipinski definition) is 4. The molecule has 0 radical (unpaired) electrons. The fourth-order valence-corrected chi connectivity index (χ4v) is 0.662. The van der Waals surface area contributed by atoms with Crippen LogP contribution in [0.25, 0.3) is 0 Å². The number of carbonyl (C=O) groups is 1. The highest BCUT2D eigenvalue weighted by atomic mass is 32.1. The number of carbonyl (C=O) groups excluding carboxylic acids is 1. The minimum atomic E-state index is 0.326. The van der Waals surface area contributed by atoms with Crippen LogP contribution in [0.3, 0.4) is 0 Å². The van der Waals surface area contributed by atoms with E-state index >= 15 is 0 Å². The van der Waals surface area contributed by atoms with E-state index in [2.05, 4.69) is 24.0 Å². The molecular formula is C7H10N2OS. The smallest absolute Gasteiger partial charge is 0.139 e. The first-order valence-corrected chi connectivity index (χ1v) is 3.64. The zero-order valence-corrected chi connectivity index (χ0v) is 6.92. The van der Waals surface area contributed by atoms with Gasteiger partial charge in [0.25, 0.3) is 0 Å². The third-order valence-electron chi connectivity index (χ3n) is 0.943. The molecule has 0 saturated carbocycles. The number of hydrogen-bond donors (Lipinski definition) is 2. The van der Waals surface area contributed by atoms with Gasteiger partial charge in [-0.2, -0.15) is 12.6 Å². The highest BCUT2D eigenvalue weighted by Crippen LogP contribution is 1.88. The second-order valence-electron chi connectivity index (χ2n) is 1.68. The first kappa shape index (κ1) is 9.92. The summed E-state index contributed by atoms with van der Waals surface area (Å²) >= 11 is 3.99. The molecule has 0 atom stereocenters. The van der Waals surface area contributed by atoms with Crippen molar-refractivity contribution in [3.05, 3.63) is 12.4 Å². The van der Waals surface area contributed by atoms with Crippen LogP contribution in [0, 0.1) is 12.5 Å². The Morgan fingerprint density at radius 2 is 2.45 bits per heavy atom. The molecule has 0 heterocycles. The molecule has 1 N–H and O–H groups in total. The van der Waals surface area contributed by atoms with Gasteiger partial charge in [-0.15, -0.1) is 0 Å². The zero-order valence-electron chi connectivity index (χ0n) is 6.03. The van der Waals surface area contributed by atoms with Crippen molar-refractivity contribution in [2.45, 2.75) is 0 Å². The molecule has 0 amide bonds. The van der Waals surface area contributed by atoms with Gasteiger partial charge in [0.2, 0.25) is 0 Å². The van der Waals surface area contributed by atoms with Crippen molar-refractivity contribution in [2.24, 2.45) is 0 Å². The van der Waals surface area contributed by atoms with E-state index in [9.17, 15) is 4.79 Å². The van der Waals surface area contributed by atoms with Gasteiger partial charge in [0.1, 0.15) is 6.29 Å². The maximum atomic E-state index is 10.0. The van der Waals surface area contributed by atoms with E-state index in [0.717, 1.165) is 6.29 Å². The summed E-state index contributed by atoms with van der Waals surface area (Å²) in [6.07, 6.45) is 8.95. The molecule has 0 aromatic heterocycles. The molecule has 0 saturated heterocycles. The highest BCUT2D eigenvalue weighted by Gasteiger charge is 1.91. The number of nitrogens with zero attached hydrogens (tertiary/aromatic N) is 1. The minimum Gasteiger partial charge on any atom is -0.360 e. The topological polar surface area (TPSA) is 32.3 Å². The molecule has 0 fully saturated rings.